The van der Waals surface area contributed by atoms with Crippen molar-refractivity contribution < 1.29 is 27.1 Å². The van der Waals surface area contributed by atoms with Gasteiger partial charge in [-0.1, -0.05) is 11.3 Å². The Bertz CT molecular complexity index is 1250. The highest BCUT2D eigenvalue weighted by atomic mass is 32.2. The van der Waals surface area contributed by atoms with Crippen LogP contribution in [-0.4, -0.2) is 45.0 Å². The number of benzene rings is 2. The van der Waals surface area contributed by atoms with E-state index in [0.717, 1.165) is 5.52 Å². The smallest absolute Gasteiger partial charge is 0.248 e. The summed E-state index contributed by atoms with van der Waals surface area (Å²) in [5.41, 5.74) is 0.768. The number of nitrogens with zero attached hydrogens (tertiary/aromatic N) is 2. The van der Waals surface area contributed by atoms with Crippen molar-refractivity contribution in [3.8, 4) is 5.75 Å². The van der Waals surface area contributed by atoms with E-state index in [9.17, 15) is 17.6 Å². The third-order valence-electron chi connectivity index (χ3n) is 4.75. The van der Waals surface area contributed by atoms with Crippen LogP contribution >= 0.6 is 11.3 Å². The normalized spacial score (nSPS) is 12.4. The van der Waals surface area contributed by atoms with Gasteiger partial charge in [0.2, 0.25) is 5.91 Å². The summed E-state index contributed by atoms with van der Waals surface area (Å²) >= 11 is 1.21. The van der Waals surface area contributed by atoms with Crippen molar-refractivity contribution in [1.29, 1.82) is 0 Å². The maximum atomic E-state index is 13.6. The summed E-state index contributed by atoms with van der Waals surface area (Å²) in [6.07, 6.45) is 0.138. The third-order valence-corrected chi connectivity index (χ3v) is 7.61. The molecule has 7 nitrogen and oxygen atoms in total. The first-order valence-electron chi connectivity index (χ1n) is 10.1. The van der Waals surface area contributed by atoms with Gasteiger partial charge < -0.3 is 14.0 Å². The van der Waals surface area contributed by atoms with Gasteiger partial charge >= 0.3 is 0 Å². The molecule has 1 heterocycles. The minimum absolute atomic E-state index is 0.0105. The number of amides is 1. The van der Waals surface area contributed by atoms with E-state index < -0.39 is 15.7 Å². The van der Waals surface area contributed by atoms with E-state index in [0.29, 0.717) is 35.0 Å². The first-order valence-corrected chi connectivity index (χ1v) is 12.6. The third kappa shape index (κ3) is 6.02. The molecule has 0 aliphatic carbocycles. The highest BCUT2D eigenvalue weighted by molar-refractivity contribution is 7.91. The van der Waals surface area contributed by atoms with Gasteiger partial charge in [-0.25, -0.2) is 12.8 Å². The van der Waals surface area contributed by atoms with Crippen LogP contribution in [0.15, 0.2) is 52.4 Å². The highest BCUT2D eigenvalue weighted by Crippen LogP contribution is 2.19. The van der Waals surface area contributed by atoms with Gasteiger partial charge in [-0.3, -0.25) is 4.79 Å². The predicted molar refractivity (Wildman–Crippen MR) is 121 cm³/mol. The lowest BCUT2D eigenvalue weighted by atomic mass is 10.3. The number of halogens is 1. The number of thiazole rings is 1. The lowest BCUT2D eigenvalue weighted by molar-refractivity contribution is -0.118. The summed E-state index contributed by atoms with van der Waals surface area (Å²) in [6.45, 7) is 3.35. The molecule has 32 heavy (non-hydrogen) atoms. The Morgan fingerprint density at radius 1 is 1.19 bits per heavy atom. The quantitative estimate of drug-likeness (QED) is 0.414. The second-order valence-corrected chi connectivity index (χ2v) is 10.1. The van der Waals surface area contributed by atoms with E-state index in [-0.39, 0.29) is 29.3 Å². The first-order chi connectivity index (χ1) is 15.3. The molecule has 3 aromatic rings. The van der Waals surface area contributed by atoms with Gasteiger partial charge in [0.25, 0.3) is 0 Å². The van der Waals surface area contributed by atoms with Gasteiger partial charge in [-0.15, -0.1) is 0 Å². The number of rotatable bonds is 10. The Morgan fingerprint density at radius 2 is 1.94 bits per heavy atom. The summed E-state index contributed by atoms with van der Waals surface area (Å²) in [5.74, 6) is -0.383. The van der Waals surface area contributed by atoms with Crippen molar-refractivity contribution in [2.75, 3.05) is 26.1 Å². The molecule has 10 heteroatoms. The van der Waals surface area contributed by atoms with Gasteiger partial charge in [0.15, 0.2) is 14.6 Å². The van der Waals surface area contributed by atoms with Crippen LogP contribution in [0.25, 0.3) is 10.2 Å². The number of methoxy groups -OCH3 is 1. The number of sulfone groups is 1. The second kappa shape index (κ2) is 10.8. The van der Waals surface area contributed by atoms with E-state index in [2.05, 4.69) is 4.99 Å². The Hall–Kier alpha value is -2.56. The van der Waals surface area contributed by atoms with E-state index in [1.165, 1.54) is 42.7 Å². The Balaban J connectivity index is 1.72. The number of aromatic nitrogens is 1. The molecular weight excluding hydrogens is 455 g/mol. The summed E-state index contributed by atoms with van der Waals surface area (Å²) in [6, 6.07) is 10.6. The molecule has 0 spiro atoms. The topological polar surface area (TPSA) is 87.0 Å². The number of ether oxygens (including phenoxy) is 2. The fourth-order valence-electron chi connectivity index (χ4n) is 3.13. The van der Waals surface area contributed by atoms with Crippen LogP contribution in [0.4, 0.5) is 4.39 Å². The van der Waals surface area contributed by atoms with Crippen LogP contribution in [0.5, 0.6) is 5.75 Å². The molecule has 0 saturated heterocycles. The average molecular weight is 481 g/mol. The fourth-order valence-corrected chi connectivity index (χ4v) is 5.53. The van der Waals surface area contributed by atoms with Crippen LogP contribution in [0.3, 0.4) is 0 Å². The maximum absolute atomic E-state index is 13.6. The molecule has 0 unspecified atom stereocenters. The predicted octanol–water partition coefficient (Wildman–Crippen LogP) is 3.57. The Labute approximate surface area is 190 Å². The van der Waals surface area contributed by atoms with Crippen LogP contribution in [0.1, 0.15) is 19.8 Å². The van der Waals surface area contributed by atoms with Crippen LogP contribution in [-0.2, 0) is 25.9 Å². The molecule has 0 aliphatic rings. The zero-order valence-electron chi connectivity index (χ0n) is 17.9. The number of fused-ring (bicyclic) bond motifs is 1. The molecule has 1 amide bonds. The Kier molecular flexibility index (Phi) is 8.16. The molecule has 0 radical (unpaired) electrons. The molecule has 172 valence electrons. The lowest BCUT2D eigenvalue weighted by Gasteiger charge is -2.06. The van der Waals surface area contributed by atoms with Crippen LogP contribution in [0.2, 0.25) is 0 Å². The molecule has 0 N–H and O–H groups in total. The molecule has 2 aromatic carbocycles. The van der Waals surface area contributed by atoms with Crippen LogP contribution in [0, 0.1) is 5.82 Å². The minimum atomic E-state index is -3.51. The molecule has 0 fully saturated rings. The molecule has 0 saturated carbocycles. The minimum Gasteiger partial charge on any atom is -0.497 e. The van der Waals surface area contributed by atoms with Crippen molar-refractivity contribution in [3.05, 3.63) is 53.1 Å². The number of carbonyl (C=O) groups excluding carboxylic acids is 1. The second-order valence-electron chi connectivity index (χ2n) is 6.95. The fraction of sp³-hybridized carbons (Fsp3) is 0.364. The van der Waals surface area contributed by atoms with Crippen molar-refractivity contribution in [3.63, 3.8) is 0 Å². The Morgan fingerprint density at radius 3 is 2.62 bits per heavy atom. The van der Waals surface area contributed by atoms with Crippen molar-refractivity contribution in [1.82, 2.24) is 4.57 Å². The molecular formula is C22H25FN2O5S2. The number of hydrogen-bond acceptors (Lipinski definition) is 6. The van der Waals surface area contributed by atoms with Gasteiger partial charge in [0.1, 0.15) is 11.6 Å². The number of hydrogen-bond donors (Lipinski definition) is 0. The number of carbonyl (C=O) groups is 1. The summed E-state index contributed by atoms with van der Waals surface area (Å²) < 4.78 is 51.5. The van der Waals surface area contributed by atoms with Gasteiger partial charge in [0.05, 0.1) is 34.6 Å². The summed E-state index contributed by atoms with van der Waals surface area (Å²) in [7, 11) is -2.01. The molecule has 0 atom stereocenters. The van der Waals surface area contributed by atoms with E-state index in [1.54, 1.807) is 18.2 Å². The van der Waals surface area contributed by atoms with Gasteiger partial charge in [-0.2, -0.15) is 4.99 Å². The molecule has 0 bridgehead atoms. The van der Waals surface area contributed by atoms with Gasteiger partial charge in [0, 0.05) is 19.6 Å². The maximum Gasteiger partial charge on any atom is 0.248 e. The SMILES string of the molecule is CCOCCn1c(=NC(=O)CCCS(=O)(=O)c2ccc(OC)cc2)sc2cc(F)ccc21. The first kappa shape index (κ1) is 24.1. The van der Waals surface area contributed by atoms with E-state index in [4.69, 9.17) is 9.47 Å². The monoisotopic (exact) mass is 480 g/mol. The molecule has 1 aromatic heterocycles. The highest BCUT2D eigenvalue weighted by Gasteiger charge is 2.15. The van der Waals surface area contributed by atoms with Crippen LogP contribution < -0.4 is 9.54 Å². The van der Waals surface area contributed by atoms with Gasteiger partial charge in [-0.05, 0) is 55.8 Å². The lowest BCUT2D eigenvalue weighted by Crippen LogP contribution is -2.20. The van der Waals surface area contributed by atoms with E-state index in [1.807, 2.05) is 11.5 Å². The average Bonchev–Trinajstić information content (AvgIpc) is 3.09. The molecule has 0 aliphatic heterocycles. The largest absolute Gasteiger partial charge is 0.497 e. The molecule has 3 rings (SSSR count). The standard InChI is InChI=1S/C22H25FN2O5S2/c1-3-30-13-12-25-19-11-6-16(23)15-20(19)31-22(25)24-21(26)5-4-14-32(27,28)18-9-7-17(29-2)8-10-18/h6-11,15H,3-5,12-14H2,1-2H3. The van der Waals surface area contributed by atoms with E-state index >= 15 is 0 Å². The van der Waals surface area contributed by atoms with Crippen molar-refractivity contribution in [2.45, 2.75) is 31.2 Å². The summed E-state index contributed by atoms with van der Waals surface area (Å²) in [5, 5.41) is 0. The summed E-state index contributed by atoms with van der Waals surface area (Å²) in [4.78, 5) is 17.2. The van der Waals surface area contributed by atoms with Crippen molar-refractivity contribution in [2.24, 2.45) is 4.99 Å². The zero-order valence-corrected chi connectivity index (χ0v) is 19.5. The zero-order chi connectivity index (χ0) is 23.1. The van der Waals surface area contributed by atoms with Crippen molar-refractivity contribution >= 4 is 37.3 Å².